The molecule has 0 aliphatic heterocycles. The topological polar surface area (TPSA) is 69.7 Å². The maximum Gasteiger partial charge on any atom is 0.123 e. The van der Waals surface area contributed by atoms with Gasteiger partial charge in [0.25, 0.3) is 0 Å². The average molecular weight is 262 g/mol. The summed E-state index contributed by atoms with van der Waals surface area (Å²) in [5, 5.41) is 0. The summed E-state index contributed by atoms with van der Waals surface area (Å²) < 4.78 is 15.7. The largest absolute Gasteiger partial charge is 0.497 e. The number of hydrogen-bond acceptors (Lipinski definition) is 5. The standard InChI is InChI=1S/C14H18N2O3/c1-17-11-3-4-14(18-2)12(8-11)13(16-15)7-10-5-6-19-9-10/h3-6,8-9,13,16H,7,15H2,1-2H3. The minimum Gasteiger partial charge on any atom is -0.497 e. The fourth-order valence-electron chi connectivity index (χ4n) is 2.01. The number of furan rings is 1. The van der Waals surface area contributed by atoms with Crippen LogP contribution in [0.2, 0.25) is 0 Å². The van der Waals surface area contributed by atoms with E-state index in [4.69, 9.17) is 19.7 Å². The Kier molecular flexibility index (Phi) is 4.43. The number of hydrazine groups is 1. The molecule has 0 aliphatic rings. The van der Waals surface area contributed by atoms with Crippen LogP contribution in [0.25, 0.3) is 0 Å². The molecule has 1 atom stereocenters. The van der Waals surface area contributed by atoms with Crippen molar-refractivity contribution in [2.75, 3.05) is 14.2 Å². The second-order valence-electron chi connectivity index (χ2n) is 4.16. The van der Waals surface area contributed by atoms with Crippen LogP contribution in [0, 0.1) is 0 Å². The molecule has 0 bridgehead atoms. The third kappa shape index (κ3) is 3.07. The summed E-state index contributed by atoms with van der Waals surface area (Å²) in [5.74, 6) is 7.20. The van der Waals surface area contributed by atoms with Crippen LogP contribution in [0.4, 0.5) is 0 Å². The first-order valence-corrected chi connectivity index (χ1v) is 5.97. The Morgan fingerprint density at radius 1 is 1.26 bits per heavy atom. The number of rotatable bonds is 6. The van der Waals surface area contributed by atoms with Crippen molar-refractivity contribution in [3.8, 4) is 11.5 Å². The highest BCUT2D eigenvalue weighted by atomic mass is 16.5. The van der Waals surface area contributed by atoms with E-state index in [-0.39, 0.29) is 6.04 Å². The fraction of sp³-hybridized carbons (Fsp3) is 0.286. The average Bonchev–Trinajstić information content (AvgIpc) is 2.97. The summed E-state index contributed by atoms with van der Waals surface area (Å²) in [6.45, 7) is 0. The van der Waals surface area contributed by atoms with E-state index < -0.39 is 0 Å². The molecule has 3 N–H and O–H groups in total. The maximum absolute atomic E-state index is 5.66. The van der Waals surface area contributed by atoms with E-state index in [1.165, 1.54) is 0 Å². The van der Waals surface area contributed by atoms with Crippen LogP contribution in [0.5, 0.6) is 11.5 Å². The number of nitrogens with one attached hydrogen (secondary N) is 1. The van der Waals surface area contributed by atoms with Crippen LogP contribution in [-0.2, 0) is 6.42 Å². The highest BCUT2D eigenvalue weighted by Gasteiger charge is 2.17. The molecule has 102 valence electrons. The molecule has 19 heavy (non-hydrogen) atoms. The van der Waals surface area contributed by atoms with Crippen molar-refractivity contribution in [1.82, 2.24) is 5.43 Å². The van der Waals surface area contributed by atoms with E-state index in [0.29, 0.717) is 6.42 Å². The van der Waals surface area contributed by atoms with E-state index in [0.717, 1.165) is 22.6 Å². The SMILES string of the molecule is COc1ccc(OC)c(C(Cc2ccoc2)NN)c1. The third-order valence-electron chi connectivity index (χ3n) is 3.03. The zero-order chi connectivity index (χ0) is 13.7. The van der Waals surface area contributed by atoms with Crippen molar-refractivity contribution in [2.45, 2.75) is 12.5 Å². The molecule has 0 aliphatic carbocycles. The summed E-state index contributed by atoms with van der Waals surface area (Å²) in [6, 6.07) is 7.48. The predicted molar refractivity (Wildman–Crippen MR) is 72.0 cm³/mol. The van der Waals surface area contributed by atoms with Crippen molar-refractivity contribution in [2.24, 2.45) is 5.84 Å². The lowest BCUT2D eigenvalue weighted by Gasteiger charge is -2.19. The quantitative estimate of drug-likeness (QED) is 0.616. The Hall–Kier alpha value is -1.98. The lowest BCUT2D eigenvalue weighted by Crippen LogP contribution is -2.29. The lowest BCUT2D eigenvalue weighted by molar-refractivity contribution is 0.389. The molecular formula is C14H18N2O3. The highest BCUT2D eigenvalue weighted by molar-refractivity contribution is 5.42. The molecule has 1 heterocycles. The Bertz CT molecular complexity index is 511. The van der Waals surface area contributed by atoms with Gasteiger partial charge in [-0.25, -0.2) is 0 Å². The molecule has 0 amide bonds. The van der Waals surface area contributed by atoms with Gasteiger partial charge in [-0.15, -0.1) is 0 Å². The zero-order valence-corrected chi connectivity index (χ0v) is 11.1. The van der Waals surface area contributed by atoms with Crippen LogP contribution in [0.15, 0.2) is 41.2 Å². The van der Waals surface area contributed by atoms with Crippen molar-refractivity contribution in [1.29, 1.82) is 0 Å². The number of ether oxygens (including phenoxy) is 2. The van der Waals surface area contributed by atoms with Gasteiger partial charge in [0.05, 0.1) is 32.8 Å². The van der Waals surface area contributed by atoms with Crippen molar-refractivity contribution >= 4 is 0 Å². The fourth-order valence-corrected chi connectivity index (χ4v) is 2.01. The Morgan fingerprint density at radius 2 is 2.11 bits per heavy atom. The van der Waals surface area contributed by atoms with E-state index >= 15 is 0 Å². The van der Waals surface area contributed by atoms with Gasteiger partial charge < -0.3 is 13.9 Å². The molecule has 1 aromatic carbocycles. The first-order valence-electron chi connectivity index (χ1n) is 5.97. The molecule has 0 radical (unpaired) electrons. The van der Waals surface area contributed by atoms with Gasteiger partial charge in [-0.1, -0.05) is 0 Å². The van der Waals surface area contributed by atoms with Gasteiger partial charge in [0, 0.05) is 5.56 Å². The monoisotopic (exact) mass is 262 g/mol. The van der Waals surface area contributed by atoms with E-state index in [9.17, 15) is 0 Å². The minimum atomic E-state index is -0.0809. The lowest BCUT2D eigenvalue weighted by atomic mass is 10.00. The molecular weight excluding hydrogens is 244 g/mol. The van der Waals surface area contributed by atoms with Gasteiger partial charge in [-0.3, -0.25) is 11.3 Å². The van der Waals surface area contributed by atoms with Crippen LogP contribution in [-0.4, -0.2) is 14.2 Å². The van der Waals surface area contributed by atoms with Crippen molar-refractivity contribution in [3.63, 3.8) is 0 Å². The Labute approximate surface area is 112 Å². The molecule has 2 rings (SSSR count). The van der Waals surface area contributed by atoms with Crippen LogP contribution in [0.1, 0.15) is 17.2 Å². The van der Waals surface area contributed by atoms with Crippen LogP contribution < -0.4 is 20.7 Å². The normalized spacial score (nSPS) is 12.2. The zero-order valence-electron chi connectivity index (χ0n) is 11.1. The van der Waals surface area contributed by atoms with Gasteiger partial charge in [-0.2, -0.15) is 0 Å². The molecule has 0 saturated carbocycles. The minimum absolute atomic E-state index is 0.0809. The van der Waals surface area contributed by atoms with Gasteiger partial charge in [0.1, 0.15) is 11.5 Å². The number of benzene rings is 1. The number of methoxy groups -OCH3 is 2. The smallest absolute Gasteiger partial charge is 0.123 e. The van der Waals surface area contributed by atoms with Crippen LogP contribution in [0.3, 0.4) is 0 Å². The second kappa shape index (κ2) is 6.26. The summed E-state index contributed by atoms with van der Waals surface area (Å²) in [5.41, 5.74) is 4.82. The van der Waals surface area contributed by atoms with Gasteiger partial charge in [-0.05, 0) is 36.2 Å². The molecule has 0 spiro atoms. The Morgan fingerprint density at radius 3 is 2.68 bits per heavy atom. The summed E-state index contributed by atoms with van der Waals surface area (Å²) >= 11 is 0. The first kappa shape index (κ1) is 13.5. The molecule has 5 nitrogen and oxygen atoms in total. The predicted octanol–water partition coefficient (Wildman–Crippen LogP) is 2.04. The summed E-state index contributed by atoms with van der Waals surface area (Å²) in [6.07, 6.45) is 4.05. The van der Waals surface area contributed by atoms with Gasteiger partial charge in [0.15, 0.2) is 0 Å². The third-order valence-corrected chi connectivity index (χ3v) is 3.03. The summed E-state index contributed by atoms with van der Waals surface area (Å²) in [7, 11) is 3.27. The van der Waals surface area contributed by atoms with Gasteiger partial charge >= 0.3 is 0 Å². The first-order chi connectivity index (χ1) is 9.28. The van der Waals surface area contributed by atoms with E-state index in [1.54, 1.807) is 26.7 Å². The van der Waals surface area contributed by atoms with E-state index in [1.807, 2.05) is 24.3 Å². The Balaban J connectivity index is 2.30. The second-order valence-corrected chi connectivity index (χ2v) is 4.16. The van der Waals surface area contributed by atoms with E-state index in [2.05, 4.69) is 5.43 Å². The molecule has 1 unspecified atom stereocenters. The highest BCUT2D eigenvalue weighted by Crippen LogP contribution is 2.30. The molecule has 5 heteroatoms. The molecule has 1 aromatic heterocycles. The van der Waals surface area contributed by atoms with Gasteiger partial charge in [0.2, 0.25) is 0 Å². The number of nitrogens with two attached hydrogens (primary N) is 1. The van der Waals surface area contributed by atoms with Crippen molar-refractivity contribution < 1.29 is 13.9 Å². The molecule has 0 saturated heterocycles. The number of hydrogen-bond donors (Lipinski definition) is 2. The molecule has 0 fully saturated rings. The molecule has 2 aromatic rings. The maximum atomic E-state index is 5.66. The summed E-state index contributed by atoms with van der Waals surface area (Å²) in [4.78, 5) is 0. The van der Waals surface area contributed by atoms with Crippen molar-refractivity contribution in [3.05, 3.63) is 47.9 Å². The van der Waals surface area contributed by atoms with Crippen LogP contribution >= 0.6 is 0 Å².